The monoisotopic (exact) mass is 383 g/mol. The van der Waals surface area contributed by atoms with Gasteiger partial charge in [-0.1, -0.05) is 13.8 Å². The van der Waals surface area contributed by atoms with Crippen LogP contribution in [0, 0.1) is 11.8 Å². The van der Waals surface area contributed by atoms with Crippen molar-refractivity contribution < 1.29 is 23.8 Å². The van der Waals surface area contributed by atoms with E-state index in [-0.39, 0.29) is 36.2 Å². The number of carbonyl (C=O) groups excluding carboxylic acids is 2. The van der Waals surface area contributed by atoms with Gasteiger partial charge in [0.2, 0.25) is 0 Å². The van der Waals surface area contributed by atoms with Crippen LogP contribution in [0.1, 0.15) is 73.1 Å². The number of likely N-dealkylation sites (tertiary alicyclic amines) is 1. The first-order chi connectivity index (χ1) is 12.6. The van der Waals surface area contributed by atoms with Crippen LogP contribution in [0.3, 0.4) is 0 Å². The van der Waals surface area contributed by atoms with Crippen LogP contribution in [0.5, 0.6) is 0 Å². The van der Waals surface area contributed by atoms with E-state index in [2.05, 4.69) is 13.8 Å². The maximum atomic E-state index is 12.8. The fraction of sp³-hybridized carbons (Fsp3) is 0.905. The lowest BCUT2D eigenvalue weighted by Crippen LogP contribution is -2.48. The van der Waals surface area contributed by atoms with Crippen molar-refractivity contribution in [2.75, 3.05) is 13.7 Å². The topological polar surface area (TPSA) is 65.1 Å². The van der Waals surface area contributed by atoms with Gasteiger partial charge in [-0.3, -0.25) is 9.69 Å². The maximum absolute atomic E-state index is 12.8. The zero-order valence-electron chi connectivity index (χ0n) is 17.8. The van der Waals surface area contributed by atoms with Gasteiger partial charge in [-0.15, -0.1) is 0 Å². The van der Waals surface area contributed by atoms with Crippen LogP contribution in [-0.4, -0.2) is 54.5 Å². The number of nitrogens with zero attached hydrogens (tertiary/aromatic N) is 1. The molecular weight excluding hydrogens is 346 g/mol. The van der Waals surface area contributed by atoms with E-state index in [1.807, 2.05) is 25.7 Å². The minimum atomic E-state index is -0.501. The van der Waals surface area contributed by atoms with E-state index in [1.165, 1.54) is 7.11 Å². The van der Waals surface area contributed by atoms with Gasteiger partial charge < -0.3 is 14.2 Å². The standard InChI is InChI=1S/C21H37NO5/c1-14(2)18-12-9-16(22(18)20(24)27-21(3,4)5)13-26-17-10-7-15(8-11-17)19(23)25-6/h14-18H,7-13H2,1-6H3/t15?,16-,17?,18+/m0/s1. The zero-order chi connectivity index (χ0) is 20.2. The molecule has 2 rings (SSSR count). The number of amides is 1. The van der Waals surface area contributed by atoms with Gasteiger partial charge in [0, 0.05) is 6.04 Å². The van der Waals surface area contributed by atoms with Crippen molar-refractivity contribution in [2.24, 2.45) is 11.8 Å². The third-order valence-corrected chi connectivity index (χ3v) is 5.65. The van der Waals surface area contributed by atoms with E-state index in [0.29, 0.717) is 12.5 Å². The van der Waals surface area contributed by atoms with Gasteiger partial charge in [-0.2, -0.15) is 0 Å². The average Bonchev–Trinajstić information content (AvgIpc) is 3.02. The van der Waals surface area contributed by atoms with E-state index in [1.54, 1.807) is 0 Å². The Morgan fingerprint density at radius 1 is 1.04 bits per heavy atom. The van der Waals surface area contributed by atoms with Crippen LogP contribution >= 0.6 is 0 Å². The second-order valence-electron chi connectivity index (χ2n) is 9.26. The molecule has 2 atom stereocenters. The van der Waals surface area contributed by atoms with Crippen LogP contribution in [0.2, 0.25) is 0 Å². The quantitative estimate of drug-likeness (QED) is 0.667. The Bertz CT molecular complexity index is 505. The first kappa shape index (κ1) is 22.0. The minimum Gasteiger partial charge on any atom is -0.469 e. The van der Waals surface area contributed by atoms with Crippen molar-refractivity contribution >= 4 is 12.1 Å². The average molecular weight is 384 g/mol. The number of esters is 1. The summed E-state index contributed by atoms with van der Waals surface area (Å²) in [5.41, 5.74) is -0.501. The lowest BCUT2D eigenvalue weighted by atomic mass is 9.87. The van der Waals surface area contributed by atoms with Crippen LogP contribution in [0.15, 0.2) is 0 Å². The lowest BCUT2D eigenvalue weighted by Gasteiger charge is -2.35. The van der Waals surface area contributed by atoms with E-state index >= 15 is 0 Å². The molecule has 1 aliphatic carbocycles. The highest BCUT2D eigenvalue weighted by Gasteiger charge is 2.41. The number of methoxy groups -OCH3 is 1. The number of hydrogen-bond acceptors (Lipinski definition) is 5. The number of carbonyl (C=O) groups is 2. The molecule has 0 bridgehead atoms. The number of hydrogen-bond donors (Lipinski definition) is 0. The second kappa shape index (κ2) is 9.26. The summed E-state index contributed by atoms with van der Waals surface area (Å²) in [6, 6.07) is 0.258. The highest BCUT2D eigenvalue weighted by Crippen LogP contribution is 2.33. The molecule has 1 saturated heterocycles. The largest absolute Gasteiger partial charge is 0.469 e. The highest BCUT2D eigenvalue weighted by molar-refractivity contribution is 5.72. The van der Waals surface area contributed by atoms with E-state index < -0.39 is 5.60 Å². The molecule has 27 heavy (non-hydrogen) atoms. The smallest absolute Gasteiger partial charge is 0.410 e. The van der Waals surface area contributed by atoms with Gasteiger partial charge in [0.15, 0.2) is 0 Å². The number of ether oxygens (including phenoxy) is 3. The molecule has 0 N–H and O–H groups in total. The Hall–Kier alpha value is -1.30. The SMILES string of the molecule is COC(=O)C1CCC(OC[C@@H]2CC[C@H](C(C)C)N2C(=O)OC(C)(C)C)CC1. The van der Waals surface area contributed by atoms with Gasteiger partial charge in [0.25, 0.3) is 0 Å². The maximum Gasteiger partial charge on any atom is 0.410 e. The van der Waals surface area contributed by atoms with Crippen LogP contribution < -0.4 is 0 Å². The highest BCUT2D eigenvalue weighted by atomic mass is 16.6. The molecule has 1 aliphatic heterocycles. The normalized spacial score (nSPS) is 29.1. The molecule has 1 amide bonds. The molecule has 0 unspecified atom stereocenters. The summed E-state index contributed by atoms with van der Waals surface area (Å²) in [7, 11) is 1.45. The lowest BCUT2D eigenvalue weighted by molar-refractivity contribution is -0.147. The van der Waals surface area contributed by atoms with Crippen LogP contribution in [-0.2, 0) is 19.0 Å². The van der Waals surface area contributed by atoms with Crippen molar-refractivity contribution in [3.8, 4) is 0 Å². The van der Waals surface area contributed by atoms with Gasteiger partial charge in [0.1, 0.15) is 5.60 Å². The van der Waals surface area contributed by atoms with Gasteiger partial charge in [-0.05, 0) is 65.2 Å². The Morgan fingerprint density at radius 3 is 2.19 bits per heavy atom. The van der Waals surface area contributed by atoms with Crippen molar-refractivity contribution in [3.05, 3.63) is 0 Å². The van der Waals surface area contributed by atoms with Crippen molar-refractivity contribution in [2.45, 2.75) is 96.9 Å². The molecule has 0 aromatic heterocycles. The first-order valence-corrected chi connectivity index (χ1v) is 10.3. The Morgan fingerprint density at radius 2 is 1.67 bits per heavy atom. The van der Waals surface area contributed by atoms with E-state index in [0.717, 1.165) is 38.5 Å². The summed E-state index contributed by atoms with van der Waals surface area (Å²) >= 11 is 0. The second-order valence-corrected chi connectivity index (χ2v) is 9.26. The molecule has 0 spiro atoms. The van der Waals surface area contributed by atoms with Crippen LogP contribution in [0.25, 0.3) is 0 Å². The van der Waals surface area contributed by atoms with Crippen molar-refractivity contribution in [1.82, 2.24) is 4.90 Å². The molecule has 0 aromatic carbocycles. The predicted molar refractivity (Wildman–Crippen MR) is 103 cm³/mol. The molecule has 156 valence electrons. The first-order valence-electron chi connectivity index (χ1n) is 10.3. The molecule has 2 aliphatic rings. The fourth-order valence-electron chi connectivity index (χ4n) is 4.21. The van der Waals surface area contributed by atoms with Crippen LogP contribution in [0.4, 0.5) is 4.79 Å². The summed E-state index contributed by atoms with van der Waals surface area (Å²) < 4.78 is 16.7. The summed E-state index contributed by atoms with van der Waals surface area (Å²) in [5, 5.41) is 0. The molecule has 1 heterocycles. The van der Waals surface area contributed by atoms with E-state index in [9.17, 15) is 9.59 Å². The Balaban J connectivity index is 1.90. The zero-order valence-corrected chi connectivity index (χ0v) is 17.8. The molecule has 6 heteroatoms. The van der Waals surface area contributed by atoms with Gasteiger partial charge in [-0.25, -0.2) is 4.79 Å². The Labute approximate surface area is 163 Å². The third-order valence-electron chi connectivity index (χ3n) is 5.65. The molecule has 0 radical (unpaired) electrons. The van der Waals surface area contributed by atoms with Gasteiger partial charge in [0.05, 0.1) is 31.8 Å². The molecule has 1 saturated carbocycles. The molecule has 0 aromatic rings. The number of rotatable bonds is 5. The van der Waals surface area contributed by atoms with E-state index in [4.69, 9.17) is 14.2 Å². The van der Waals surface area contributed by atoms with Crippen molar-refractivity contribution in [1.29, 1.82) is 0 Å². The fourth-order valence-corrected chi connectivity index (χ4v) is 4.21. The Kier molecular flexibility index (Phi) is 7.55. The molecule has 2 fully saturated rings. The third kappa shape index (κ3) is 6.09. The van der Waals surface area contributed by atoms with Gasteiger partial charge >= 0.3 is 12.1 Å². The summed E-state index contributed by atoms with van der Waals surface area (Å²) in [6.07, 6.45) is 5.21. The summed E-state index contributed by atoms with van der Waals surface area (Å²) in [5.74, 6) is 0.281. The minimum absolute atomic E-state index is 0.00455. The predicted octanol–water partition coefficient (Wildman–Crippen LogP) is 4.16. The summed E-state index contributed by atoms with van der Waals surface area (Å²) in [6.45, 7) is 10.5. The van der Waals surface area contributed by atoms with Crippen molar-refractivity contribution in [3.63, 3.8) is 0 Å². The molecule has 6 nitrogen and oxygen atoms in total. The molecular formula is C21H37NO5. The summed E-state index contributed by atoms with van der Waals surface area (Å²) in [4.78, 5) is 26.3.